The van der Waals surface area contributed by atoms with Gasteiger partial charge in [-0.15, -0.1) is 0 Å². The van der Waals surface area contributed by atoms with E-state index in [1.165, 1.54) is 24.3 Å². The van der Waals surface area contributed by atoms with E-state index in [9.17, 15) is 9.18 Å². The maximum atomic E-state index is 15.5. The lowest BCUT2D eigenvalue weighted by Gasteiger charge is -2.22. The van der Waals surface area contributed by atoms with E-state index >= 15 is 4.39 Å². The highest BCUT2D eigenvalue weighted by atomic mass is 19.1. The van der Waals surface area contributed by atoms with Crippen molar-refractivity contribution in [1.82, 2.24) is 19.7 Å². The molecule has 2 aromatic carbocycles. The summed E-state index contributed by atoms with van der Waals surface area (Å²) in [6.45, 7) is 4.07. The van der Waals surface area contributed by atoms with Crippen molar-refractivity contribution in [2.24, 2.45) is 0 Å². The van der Waals surface area contributed by atoms with Crippen molar-refractivity contribution in [3.05, 3.63) is 77.9 Å². The van der Waals surface area contributed by atoms with Gasteiger partial charge in [0.2, 0.25) is 0 Å². The number of nitrogen functional groups attached to an aromatic ring is 1. The van der Waals surface area contributed by atoms with E-state index in [0.29, 0.717) is 17.3 Å². The summed E-state index contributed by atoms with van der Waals surface area (Å²) >= 11 is 0. The molecule has 10 heteroatoms. The number of carbonyl (C=O) groups is 1. The van der Waals surface area contributed by atoms with Crippen LogP contribution in [0.25, 0.3) is 22.3 Å². The third kappa shape index (κ3) is 5.33. The molecule has 39 heavy (non-hydrogen) atoms. The second-order valence-electron chi connectivity index (χ2n) is 9.96. The lowest BCUT2D eigenvalue weighted by atomic mass is 9.93. The molecule has 202 valence electrons. The standard InChI is InChI=1S/C29H31F2N7O/c1-16(2)28-37-25(26-27(32)34-15-24(38(26)28)17-7-9-19(33-3)10-8-17)22-12-11-21(14-23(22)31)36-29(39)35-20-6-4-5-18(30)13-20/h4-7,11-16,19,33H,8-10H2,1-3H3,(H2,32,34)(H2,35,36,39). The maximum Gasteiger partial charge on any atom is 0.323 e. The van der Waals surface area contributed by atoms with Gasteiger partial charge >= 0.3 is 6.03 Å². The summed E-state index contributed by atoms with van der Waals surface area (Å²) in [5.41, 5.74) is 10.1. The number of nitrogens with one attached hydrogen (secondary N) is 3. The van der Waals surface area contributed by atoms with Crippen molar-refractivity contribution >= 4 is 34.3 Å². The SMILES string of the molecule is CNC1CC=C(c2cnc(N)c3c(-c4ccc(NC(=O)Nc5cccc(F)c5)cc4F)nc(C(C)C)n23)CC1. The number of urea groups is 1. The van der Waals surface area contributed by atoms with Crippen molar-refractivity contribution in [2.45, 2.75) is 45.1 Å². The van der Waals surface area contributed by atoms with Crippen LogP contribution in [-0.4, -0.2) is 33.5 Å². The minimum Gasteiger partial charge on any atom is -0.382 e. The van der Waals surface area contributed by atoms with E-state index in [2.05, 4.69) is 27.0 Å². The molecule has 0 spiro atoms. The van der Waals surface area contributed by atoms with Gasteiger partial charge in [-0.05, 0) is 68.3 Å². The Hall–Kier alpha value is -4.31. The van der Waals surface area contributed by atoms with Gasteiger partial charge in [0.25, 0.3) is 0 Å². The molecule has 0 saturated carbocycles. The Bertz CT molecular complexity index is 1580. The van der Waals surface area contributed by atoms with Crippen molar-refractivity contribution in [1.29, 1.82) is 0 Å². The third-order valence-electron chi connectivity index (χ3n) is 6.94. The molecule has 8 nitrogen and oxygen atoms in total. The molecule has 0 fully saturated rings. The Kier molecular flexibility index (Phi) is 7.30. The van der Waals surface area contributed by atoms with Crippen molar-refractivity contribution in [3.63, 3.8) is 0 Å². The molecule has 0 saturated heterocycles. The fourth-order valence-electron chi connectivity index (χ4n) is 4.94. The van der Waals surface area contributed by atoms with Crippen LogP contribution in [0.1, 0.15) is 50.5 Å². The number of halogens is 2. The minimum absolute atomic E-state index is 0.0385. The van der Waals surface area contributed by atoms with Crippen LogP contribution in [0, 0.1) is 11.6 Å². The van der Waals surface area contributed by atoms with Crippen LogP contribution >= 0.6 is 0 Å². The average molecular weight is 532 g/mol. The van der Waals surface area contributed by atoms with Gasteiger partial charge in [0, 0.05) is 28.9 Å². The molecule has 1 aliphatic rings. The Morgan fingerprint density at radius 2 is 1.90 bits per heavy atom. The van der Waals surface area contributed by atoms with Gasteiger partial charge in [0.15, 0.2) is 0 Å². The normalized spacial score (nSPS) is 15.4. The van der Waals surface area contributed by atoms with E-state index in [0.717, 1.165) is 36.4 Å². The van der Waals surface area contributed by atoms with Crippen LogP contribution in [0.15, 0.2) is 54.7 Å². The number of imidazole rings is 1. The van der Waals surface area contributed by atoms with E-state index < -0.39 is 17.7 Å². The molecular formula is C29H31F2N7O. The number of benzene rings is 2. The molecule has 4 aromatic rings. The number of aromatic nitrogens is 3. The Balaban J connectivity index is 1.50. The first-order valence-electron chi connectivity index (χ1n) is 12.9. The summed E-state index contributed by atoms with van der Waals surface area (Å²) in [6, 6.07) is 9.67. The van der Waals surface area contributed by atoms with Gasteiger partial charge in [0.1, 0.15) is 34.5 Å². The van der Waals surface area contributed by atoms with Crippen LogP contribution in [0.5, 0.6) is 0 Å². The molecule has 0 bridgehead atoms. The molecule has 5 rings (SSSR count). The van der Waals surface area contributed by atoms with Crippen LogP contribution in [0.4, 0.5) is 30.8 Å². The van der Waals surface area contributed by atoms with Crippen LogP contribution in [0.3, 0.4) is 0 Å². The number of hydrogen-bond donors (Lipinski definition) is 4. The van der Waals surface area contributed by atoms with Crippen LogP contribution in [0.2, 0.25) is 0 Å². The number of carbonyl (C=O) groups excluding carboxylic acids is 1. The van der Waals surface area contributed by atoms with Gasteiger partial charge < -0.3 is 21.7 Å². The number of anilines is 3. The second-order valence-corrected chi connectivity index (χ2v) is 9.96. The fraction of sp³-hybridized carbons (Fsp3) is 0.276. The Morgan fingerprint density at radius 1 is 1.13 bits per heavy atom. The number of nitrogens with zero attached hydrogens (tertiary/aromatic N) is 3. The summed E-state index contributed by atoms with van der Waals surface area (Å²) in [6.07, 6.45) is 6.78. The first kappa shape index (κ1) is 26.3. The van der Waals surface area contributed by atoms with Gasteiger partial charge in [-0.25, -0.2) is 23.5 Å². The zero-order valence-corrected chi connectivity index (χ0v) is 22.1. The number of rotatable bonds is 6. The molecular weight excluding hydrogens is 500 g/mol. The summed E-state index contributed by atoms with van der Waals surface area (Å²) in [5.74, 6) is 0.00430. The van der Waals surface area contributed by atoms with Gasteiger partial charge in [-0.3, -0.25) is 4.40 Å². The van der Waals surface area contributed by atoms with E-state index in [4.69, 9.17) is 10.7 Å². The van der Waals surface area contributed by atoms with Crippen molar-refractivity contribution < 1.29 is 13.6 Å². The minimum atomic E-state index is -0.623. The molecule has 2 aromatic heterocycles. The number of hydrogen-bond acceptors (Lipinski definition) is 5. The lowest BCUT2D eigenvalue weighted by Crippen LogP contribution is -2.26. The van der Waals surface area contributed by atoms with E-state index in [1.54, 1.807) is 24.4 Å². The monoisotopic (exact) mass is 531 g/mol. The van der Waals surface area contributed by atoms with Crippen LogP contribution in [-0.2, 0) is 0 Å². The van der Waals surface area contributed by atoms with Crippen LogP contribution < -0.4 is 21.7 Å². The molecule has 1 atom stereocenters. The first-order valence-corrected chi connectivity index (χ1v) is 12.9. The predicted octanol–water partition coefficient (Wildman–Crippen LogP) is 6.18. The smallest absolute Gasteiger partial charge is 0.323 e. The molecule has 5 N–H and O–H groups in total. The highest BCUT2D eigenvalue weighted by Gasteiger charge is 2.25. The largest absolute Gasteiger partial charge is 0.382 e. The average Bonchev–Trinajstić information content (AvgIpc) is 3.31. The molecule has 0 radical (unpaired) electrons. The quantitative estimate of drug-likeness (QED) is 0.238. The summed E-state index contributed by atoms with van der Waals surface area (Å²) in [4.78, 5) is 21.7. The number of amides is 2. The zero-order valence-electron chi connectivity index (χ0n) is 22.1. The highest BCUT2D eigenvalue weighted by molar-refractivity contribution is 6.00. The second kappa shape index (κ2) is 10.8. The molecule has 1 aliphatic carbocycles. The van der Waals surface area contributed by atoms with E-state index in [1.807, 2.05) is 25.3 Å². The van der Waals surface area contributed by atoms with E-state index in [-0.39, 0.29) is 28.7 Å². The maximum absolute atomic E-state index is 15.5. The molecule has 2 heterocycles. The number of fused-ring (bicyclic) bond motifs is 1. The molecule has 1 unspecified atom stereocenters. The van der Waals surface area contributed by atoms with Crippen molar-refractivity contribution in [2.75, 3.05) is 23.4 Å². The zero-order chi connectivity index (χ0) is 27.7. The van der Waals surface area contributed by atoms with Crippen molar-refractivity contribution in [3.8, 4) is 11.3 Å². The number of allylic oxidation sites excluding steroid dienone is 1. The molecule has 2 amide bonds. The van der Waals surface area contributed by atoms with Gasteiger partial charge in [-0.2, -0.15) is 0 Å². The third-order valence-corrected chi connectivity index (χ3v) is 6.94. The highest BCUT2D eigenvalue weighted by Crippen LogP contribution is 2.37. The van der Waals surface area contributed by atoms with Gasteiger partial charge in [-0.1, -0.05) is 26.0 Å². The number of nitrogens with two attached hydrogens (primary N) is 1. The first-order chi connectivity index (χ1) is 18.7. The molecule has 0 aliphatic heterocycles. The van der Waals surface area contributed by atoms with Gasteiger partial charge in [0.05, 0.1) is 11.9 Å². The predicted molar refractivity (Wildman–Crippen MR) is 151 cm³/mol. The summed E-state index contributed by atoms with van der Waals surface area (Å²) < 4.78 is 30.9. The fourth-order valence-corrected chi connectivity index (χ4v) is 4.94. The Morgan fingerprint density at radius 3 is 2.54 bits per heavy atom. The summed E-state index contributed by atoms with van der Waals surface area (Å²) in [7, 11) is 1.97. The Labute approximate surface area is 225 Å². The lowest BCUT2D eigenvalue weighted by molar-refractivity contribution is 0.262. The summed E-state index contributed by atoms with van der Waals surface area (Å²) in [5, 5.41) is 8.43. The topological polar surface area (TPSA) is 109 Å².